The molecule has 0 fully saturated rings. The summed E-state index contributed by atoms with van der Waals surface area (Å²) in [6.45, 7) is 1.55. The molecule has 0 radical (unpaired) electrons. The second kappa shape index (κ2) is 5.94. The van der Waals surface area contributed by atoms with Crippen molar-refractivity contribution in [3.8, 4) is 6.07 Å². The van der Waals surface area contributed by atoms with E-state index in [1.807, 2.05) is 18.2 Å². The van der Waals surface area contributed by atoms with Crippen LogP contribution in [0.25, 0.3) is 10.9 Å². The minimum absolute atomic E-state index is 0.321. The first kappa shape index (κ1) is 13.6. The number of halogens is 1. The Morgan fingerprint density at radius 1 is 1.19 bits per heavy atom. The highest BCUT2D eigenvalue weighted by Crippen LogP contribution is 2.24. The van der Waals surface area contributed by atoms with E-state index in [-0.39, 0.29) is 0 Å². The van der Waals surface area contributed by atoms with Crippen LogP contribution in [0.5, 0.6) is 0 Å². The van der Waals surface area contributed by atoms with Gasteiger partial charge in [0.25, 0.3) is 0 Å². The van der Waals surface area contributed by atoms with Crippen molar-refractivity contribution in [1.29, 1.82) is 5.26 Å². The molecule has 0 unspecified atom stereocenters. The number of hydrogen-bond donors (Lipinski definition) is 1. The summed E-state index contributed by atoms with van der Waals surface area (Å²) in [5, 5.41) is 20.8. The van der Waals surface area contributed by atoms with Gasteiger partial charge in [0.05, 0.1) is 0 Å². The summed E-state index contributed by atoms with van der Waals surface area (Å²) in [5.41, 5.74) is 1.51. The fraction of sp³-hybridized carbons (Fsp3) is 0.133. The van der Waals surface area contributed by atoms with Gasteiger partial charge in [-0.1, -0.05) is 22.0 Å². The van der Waals surface area contributed by atoms with E-state index in [0.717, 1.165) is 17.6 Å². The molecule has 0 aliphatic rings. The first-order valence-electron chi connectivity index (χ1n) is 6.49. The van der Waals surface area contributed by atoms with Crippen molar-refractivity contribution >= 4 is 32.7 Å². The Labute approximate surface area is 130 Å². The van der Waals surface area contributed by atoms with E-state index >= 15 is 0 Å². The fourth-order valence-electron chi connectivity index (χ4n) is 2.17. The van der Waals surface area contributed by atoms with Crippen molar-refractivity contribution < 1.29 is 0 Å². The van der Waals surface area contributed by atoms with Gasteiger partial charge in [0.1, 0.15) is 11.9 Å². The van der Waals surface area contributed by atoms with Crippen LogP contribution in [0, 0.1) is 11.3 Å². The minimum atomic E-state index is 0.321. The van der Waals surface area contributed by atoms with E-state index in [1.165, 1.54) is 10.9 Å². The van der Waals surface area contributed by atoms with Gasteiger partial charge in [-0.3, -0.25) is 0 Å². The van der Waals surface area contributed by atoms with E-state index in [2.05, 4.69) is 54.3 Å². The van der Waals surface area contributed by atoms with Crippen LogP contribution >= 0.6 is 15.9 Å². The van der Waals surface area contributed by atoms with Gasteiger partial charge in [0.2, 0.25) is 0 Å². The quantitative estimate of drug-likeness (QED) is 0.791. The van der Waals surface area contributed by atoms with Crippen molar-refractivity contribution in [1.82, 2.24) is 14.8 Å². The molecule has 0 saturated heterocycles. The van der Waals surface area contributed by atoms with E-state index < -0.39 is 0 Å². The predicted molar refractivity (Wildman–Crippen MR) is 84.9 cm³/mol. The van der Waals surface area contributed by atoms with Gasteiger partial charge in [0, 0.05) is 34.7 Å². The maximum atomic E-state index is 8.67. The predicted octanol–water partition coefficient (Wildman–Crippen LogP) is 3.18. The molecule has 0 amide bonds. The molecule has 2 aromatic heterocycles. The van der Waals surface area contributed by atoms with Crippen LogP contribution in [-0.2, 0) is 6.54 Å². The van der Waals surface area contributed by atoms with Crippen molar-refractivity contribution in [2.75, 3.05) is 11.9 Å². The van der Waals surface area contributed by atoms with E-state index in [9.17, 15) is 0 Å². The first-order chi connectivity index (χ1) is 10.3. The Hall–Kier alpha value is -2.39. The Morgan fingerprint density at radius 2 is 2.10 bits per heavy atom. The van der Waals surface area contributed by atoms with Crippen molar-refractivity contribution in [3.63, 3.8) is 0 Å². The van der Waals surface area contributed by atoms with Crippen LogP contribution in [0.1, 0.15) is 5.69 Å². The zero-order valence-electron chi connectivity index (χ0n) is 11.1. The molecule has 5 nitrogen and oxygen atoms in total. The SMILES string of the molecule is N#Cc1ccc(NCCn2ccc3c(Br)cccc32)nn1. The zero-order chi connectivity index (χ0) is 14.7. The summed E-state index contributed by atoms with van der Waals surface area (Å²) in [4.78, 5) is 0. The molecule has 3 aromatic rings. The molecule has 0 aliphatic carbocycles. The van der Waals surface area contributed by atoms with Crippen LogP contribution in [0.4, 0.5) is 5.82 Å². The number of aromatic nitrogens is 3. The first-order valence-corrected chi connectivity index (χ1v) is 7.28. The van der Waals surface area contributed by atoms with Crippen LogP contribution in [0.3, 0.4) is 0 Å². The lowest BCUT2D eigenvalue weighted by atomic mass is 10.2. The molecule has 1 N–H and O–H groups in total. The van der Waals surface area contributed by atoms with Crippen LogP contribution in [-0.4, -0.2) is 21.3 Å². The molecule has 3 rings (SSSR count). The van der Waals surface area contributed by atoms with Gasteiger partial charge in [-0.2, -0.15) is 5.26 Å². The smallest absolute Gasteiger partial charge is 0.163 e. The molecule has 0 spiro atoms. The van der Waals surface area contributed by atoms with E-state index in [1.54, 1.807) is 12.1 Å². The number of nitriles is 1. The van der Waals surface area contributed by atoms with Gasteiger partial charge < -0.3 is 9.88 Å². The van der Waals surface area contributed by atoms with Gasteiger partial charge in [-0.05, 0) is 30.3 Å². The van der Waals surface area contributed by atoms with Gasteiger partial charge in [0.15, 0.2) is 5.69 Å². The standard InChI is InChI=1S/C15H12BrN5/c16-13-2-1-3-14-12(13)6-8-21(14)9-7-18-15-5-4-11(10-17)19-20-15/h1-6,8H,7,9H2,(H,18,20). The van der Waals surface area contributed by atoms with E-state index in [0.29, 0.717) is 11.5 Å². The molecule has 2 heterocycles. The van der Waals surface area contributed by atoms with Crippen molar-refractivity contribution in [2.24, 2.45) is 0 Å². The van der Waals surface area contributed by atoms with Crippen LogP contribution in [0.15, 0.2) is 47.1 Å². The number of fused-ring (bicyclic) bond motifs is 1. The number of nitrogens with one attached hydrogen (secondary N) is 1. The Balaban J connectivity index is 1.66. The number of nitrogens with zero attached hydrogens (tertiary/aromatic N) is 4. The molecule has 0 saturated carbocycles. The lowest BCUT2D eigenvalue weighted by molar-refractivity contribution is 0.753. The summed E-state index contributed by atoms with van der Waals surface area (Å²) in [6.07, 6.45) is 2.07. The summed E-state index contributed by atoms with van der Waals surface area (Å²) in [7, 11) is 0. The monoisotopic (exact) mass is 341 g/mol. The average Bonchev–Trinajstić information content (AvgIpc) is 2.93. The summed E-state index contributed by atoms with van der Waals surface area (Å²) in [6, 6.07) is 13.6. The summed E-state index contributed by atoms with van der Waals surface area (Å²) >= 11 is 3.56. The number of anilines is 1. The molecule has 0 bridgehead atoms. The molecule has 21 heavy (non-hydrogen) atoms. The van der Waals surface area contributed by atoms with Gasteiger partial charge >= 0.3 is 0 Å². The number of rotatable bonds is 4. The third kappa shape index (κ3) is 2.88. The second-order valence-electron chi connectivity index (χ2n) is 4.52. The zero-order valence-corrected chi connectivity index (χ0v) is 12.7. The average molecular weight is 342 g/mol. The molecule has 0 aliphatic heterocycles. The largest absolute Gasteiger partial charge is 0.367 e. The number of hydrogen-bond acceptors (Lipinski definition) is 4. The second-order valence-corrected chi connectivity index (χ2v) is 5.38. The Kier molecular flexibility index (Phi) is 3.84. The van der Waals surface area contributed by atoms with Crippen LogP contribution < -0.4 is 5.32 Å². The Bertz CT molecular complexity index is 801. The highest BCUT2D eigenvalue weighted by atomic mass is 79.9. The van der Waals surface area contributed by atoms with Gasteiger partial charge in [-0.15, -0.1) is 10.2 Å². The number of benzene rings is 1. The molecule has 104 valence electrons. The van der Waals surface area contributed by atoms with Crippen molar-refractivity contribution in [2.45, 2.75) is 6.54 Å². The molecule has 6 heteroatoms. The van der Waals surface area contributed by atoms with Crippen LogP contribution in [0.2, 0.25) is 0 Å². The summed E-state index contributed by atoms with van der Waals surface area (Å²) < 4.78 is 3.29. The highest BCUT2D eigenvalue weighted by Gasteiger charge is 2.03. The minimum Gasteiger partial charge on any atom is -0.367 e. The van der Waals surface area contributed by atoms with E-state index in [4.69, 9.17) is 5.26 Å². The third-order valence-electron chi connectivity index (χ3n) is 3.20. The summed E-state index contributed by atoms with van der Waals surface area (Å²) in [5.74, 6) is 0.673. The lowest BCUT2D eigenvalue weighted by Crippen LogP contribution is -2.11. The topological polar surface area (TPSA) is 66.5 Å². The lowest BCUT2D eigenvalue weighted by Gasteiger charge is -2.07. The van der Waals surface area contributed by atoms with Gasteiger partial charge in [-0.25, -0.2) is 0 Å². The highest BCUT2D eigenvalue weighted by molar-refractivity contribution is 9.10. The molecule has 0 atom stereocenters. The molecular formula is C15H12BrN5. The third-order valence-corrected chi connectivity index (χ3v) is 3.89. The fourth-order valence-corrected chi connectivity index (χ4v) is 2.66. The normalized spacial score (nSPS) is 10.5. The van der Waals surface area contributed by atoms with Crippen molar-refractivity contribution in [3.05, 3.63) is 52.8 Å². The molecular weight excluding hydrogens is 330 g/mol. The maximum Gasteiger partial charge on any atom is 0.163 e. The molecule has 1 aromatic carbocycles. The maximum absolute atomic E-state index is 8.67. The Morgan fingerprint density at radius 3 is 2.86 bits per heavy atom.